The van der Waals surface area contributed by atoms with Crippen molar-refractivity contribution in [3.63, 3.8) is 0 Å². The zero-order chi connectivity index (χ0) is 27.2. The van der Waals surface area contributed by atoms with Crippen molar-refractivity contribution in [2.24, 2.45) is 9.98 Å². The highest BCUT2D eigenvalue weighted by Crippen LogP contribution is 2.36. The molecule has 5 nitrogen and oxygen atoms in total. The minimum Gasteiger partial charge on any atom is -0.324 e. The molecule has 194 valence electrons. The SMILES string of the molecule is c1ccc(C2=NC(c3ccccc3)N=C(c3ccc(-n4c5ccccc5c5ccc6ccccc6c54)nc3)N2)cc1. The summed E-state index contributed by atoms with van der Waals surface area (Å²) in [4.78, 5) is 15.0. The van der Waals surface area contributed by atoms with E-state index in [0.717, 1.165) is 39.7 Å². The van der Waals surface area contributed by atoms with Gasteiger partial charge in [-0.3, -0.25) is 4.57 Å². The Balaban J connectivity index is 1.25. The molecule has 1 aliphatic rings. The predicted molar refractivity (Wildman–Crippen MR) is 168 cm³/mol. The fraction of sp³-hybridized carbons (Fsp3) is 0.0278. The molecule has 0 aliphatic carbocycles. The Morgan fingerprint density at radius 3 is 2.00 bits per heavy atom. The number of rotatable bonds is 4. The van der Waals surface area contributed by atoms with Gasteiger partial charge in [-0.1, -0.05) is 115 Å². The topological polar surface area (TPSA) is 54.6 Å². The summed E-state index contributed by atoms with van der Waals surface area (Å²) < 4.78 is 2.27. The Kier molecular flexibility index (Phi) is 5.45. The van der Waals surface area contributed by atoms with Crippen molar-refractivity contribution >= 4 is 44.2 Å². The van der Waals surface area contributed by atoms with Gasteiger partial charge < -0.3 is 5.32 Å². The van der Waals surface area contributed by atoms with Gasteiger partial charge in [0.2, 0.25) is 0 Å². The summed E-state index contributed by atoms with van der Waals surface area (Å²) >= 11 is 0. The van der Waals surface area contributed by atoms with E-state index in [1.54, 1.807) is 0 Å². The molecule has 2 aromatic heterocycles. The van der Waals surface area contributed by atoms with Crippen LogP contribution in [0.5, 0.6) is 0 Å². The first kappa shape index (κ1) is 23.3. The molecular formula is C36H25N5. The summed E-state index contributed by atoms with van der Waals surface area (Å²) in [5, 5.41) is 8.33. The average Bonchev–Trinajstić information content (AvgIpc) is 3.40. The molecule has 0 saturated heterocycles. The molecule has 5 heteroatoms. The third-order valence-electron chi connectivity index (χ3n) is 7.69. The Morgan fingerprint density at radius 2 is 1.22 bits per heavy atom. The van der Waals surface area contributed by atoms with Gasteiger partial charge in [0.25, 0.3) is 0 Å². The number of amidine groups is 2. The first-order valence-electron chi connectivity index (χ1n) is 13.7. The number of aliphatic imine (C=N–C) groups is 2. The molecule has 1 aliphatic heterocycles. The van der Waals surface area contributed by atoms with Crippen molar-refractivity contribution in [2.75, 3.05) is 0 Å². The monoisotopic (exact) mass is 527 g/mol. The summed E-state index contributed by atoms with van der Waals surface area (Å²) in [5.74, 6) is 2.41. The summed E-state index contributed by atoms with van der Waals surface area (Å²) in [6, 6.07) is 46.0. The molecule has 41 heavy (non-hydrogen) atoms. The number of para-hydroxylation sites is 1. The lowest BCUT2D eigenvalue weighted by molar-refractivity contribution is 0.755. The maximum Gasteiger partial charge on any atom is 0.169 e. The second-order valence-corrected chi connectivity index (χ2v) is 10.2. The smallest absolute Gasteiger partial charge is 0.169 e. The molecule has 5 aromatic carbocycles. The van der Waals surface area contributed by atoms with Crippen LogP contribution in [0.4, 0.5) is 0 Å². The van der Waals surface area contributed by atoms with Crippen molar-refractivity contribution in [3.8, 4) is 5.82 Å². The lowest BCUT2D eigenvalue weighted by Gasteiger charge is -2.22. The molecule has 0 spiro atoms. The predicted octanol–water partition coefficient (Wildman–Crippen LogP) is 7.83. The standard InChI is InChI=1S/C36H25N5/c1-3-12-25(13-4-1)34-38-35(26-14-5-2-6-15-26)40-36(39-34)27-20-22-32(37-23-27)41-31-18-10-9-17-29(31)30-21-19-24-11-7-8-16-28(24)33(30)41/h1-23,34H,(H,38,39,40). The van der Waals surface area contributed by atoms with Crippen LogP contribution in [-0.2, 0) is 0 Å². The van der Waals surface area contributed by atoms with Crippen LogP contribution in [-0.4, -0.2) is 21.2 Å². The van der Waals surface area contributed by atoms with Gasteiger partial charge in [-0.05, 0) is 29.1 Å². The van der Waals surface area contributed by atoms with E-state index in [1.807, 2.05) is 42.6 Å². The van der Waals surface area contributed by atoms with Gasteiger partial charge in [-0.2, -0.15) is 0 Å². The van der Waals surface area contributed by atoms with Gasteiger partial charge in [0, 0.05) is 33.5 Å². The molecule has 3 heterocycles. The van der Waals surface area contributed by atoms with Crippen LogP contribution in [0.3, 0.4) is 0 Å². The number of nitrogens with zero attached hydrogens (tertiary/aromatic N) is 4. The summed E-state index contributed by atoms with van der Waals surface area (Å²) in [6.45, 7) is 0. The Morgan fingerprint density at radius 1 is 0.537 bits per heavy atom. The molecule has 1 unspecified atom stereocenters. The molecule has 0 saturated carbocycles. The number of pyridine rings is 1. The lowest BCUT2D eigenvalue weighted by atomic mass is 10.1. The van der Waals surface area contributed by atoms with E-state index >= 15 is 0 Å². The quantitative estimate of drug-likeness (QED) is 0.254. The van der Waals surface area contributed by atoms with Crippen molar-refractivity contribution in [1.82, 2.24) is 14.9 Å². The highest BCUT2D eigenvalue weighted by molar-refractivity contribution is 6.19. The Hall–Kier alpha value is -5.55. The van der Waals surface area contributed by atoms with Crippen LogP contribution in [0.2, 0.25) is 0 Å². The summed E-state index contributed by atoms with van der Waals surface area (Å²) in [5.41, 5.74) is 5.27. The van der Waals surface area contributed by atoms with Crippen LogP contribution < -0.4 is 5.32 Å². The second kappa shape index (κ2) is 9.57. The van der Waals surface area contributed by atoms with E-state index in [-0.39, 0.29) is 6.17 Å². The van der Waals surface area contributed by atoms with Crippen molar-refractivity contribution in [3.05, 3.63) is 156 Å². The fourth-order valence-corrected chi connectivity index (χ4v) is 5.74. The number of fused-ring (bicyclic) bond motifs is 5. The van der Waals surface area contributed by atoms with Gasteiger partial charge in [-0.15, -0.1) is 0 Å². The number of aromatic nitrogens is 2. The van der Waals surface area contributed by atoms with Crippen LogP contribution in [0, 0.1) is 0 Å². The van der Waals surface area contributed by atoms with Gasteiger partial charge in [0.15, 0.2) is 6.17 Å². The molecule has 0 fully saturated rings. The van der Waals surface area contributed by atoms with Gasteiger partial charge in [-0.25, -0.2) is 15.0 Å². The van der Waals surface area contributed by atoms with Crippen molar-refractivity contribution in [1.29, 1.82) is 0 Å². The number of hydrogen-bond donors (Lipinski definition) is 1. The molecule has 1 N–H and O–H groups in total. The minimum absolute atomic E-state index is 0.342. The van der Waals surface area contributed by atoms with Gasteiger partial charge in [0.1, 0.15) is 17.5 Å². The second-order valence-electron chi connectivity index (χ2n) is 10.2. The first-order chi connectivity index (χ1) is 20.3. The molecule has 1 atom stereocenters. The lowest BCUT2D eigenvalue weighted by Crippen LogP contribution is -2.36. The first-order valence-corrected chi connectivity index (χ1v) is 13.7. The van der Waals surface area contributed by atoms with E-state index in [1.165, 1.54) is 27.1 Å². The molecular weight excluding hydrogens is 502 g/mol. The minimum atomic E-state index is -0.342. The third-order valence-corrected chi connectivity index (χ3v) is 7.69. The van der Waals surface area contributed by atoms with E-state index in [0.29, 0.717) is 0 Å². The molecule has 0 amide bonds. The highest BCUT2D eigenvalue weighted by atomic mass is 15.2. The zero-order valence-electron chi connectivity index (χ0n) is 22.1. The van der Waals surface area contributed by atoms with Crippen LogP contribution in [0.25, 0.3) is 38.4 Å². The molecule has 0 bridgehead atoms. The maximum atomic E-state index is 5.00. The van der Waals surface area contributed by atoms with E-state index in [4.69, 9.17) is 15.0 Å². The summed E-state index contributed by atoms with van der Waals surface area (Å²) in [7, 11) is 0. The number of hydrogen-bond acceptors (Lipinski definition) is 4. The van der Waals surface area contributed by atoms with Crippen molar-refractivity contribution in [2.45, 2.75) is 6.17 Å². The number of nitrogens with one attached hydrogen (secondary N) is 1. The number of benzene rings is 5. The van der Waals surface area contributed by atoms with E-state index < -0.39 is 0 Å². The summed E-state index contributed by atoms with van der Waals surface area (Å²) in [6.07, 6.45) is 1.56. The van der Waals surface area contributed by atoms with Gasteiger partial charge >= 0.3 is 0 Å². The van der Waals surface area contributed by atoms with E-state index in [9.17, 15) is 0 Å². The third kappa shape index (κ3) is 3.98. The van der Waals surface area contributed by atoms with Crippen LogP contribution in [0.1, 0.15) is 22.9 Å². The maximum absolute atomic E-state index is 5.00. The Bertz CT molecular complexity index is 2110. The molecule has 0 radical (unpaired) electrons. The normalized spacial score (nSPS) is 15.1. The van der Waals surface area contributed by atoms with Crippen LogP contribution >= 0.6 is 0 Å². The van der Waals surface area contributed by atoms with E-state index in [2.05, 4.69) is 107 Å². The molecule has 7 aromatic rings. The highest BCUT2D eigenvalue weighted by Gasteiger charge is 2.21. The largest absolute Gasteiger partial charge is 0.324 e. The fourth-order valence-electron chi connectivity index (χ4n) is 5.74. The Labute approximate surface area is 237 Å². The van der Waals surface area contributed by atoms with Crippen molar-refractivity contribution < 1.29 is 0 Å². The van der Waals surface area contributed by atoms with Crippen LogP contribution in [0.15, 0.2) is 150 Å². The van der Waals surface area contributed by atoms with Gasteiger partial charge in [0.05, 0.1) is 11.0 Å². The zero-order valence-corrected chi connectivity index (χ0v) is 22.1. The molecule has 8 rings (SSSR count). The average molecular weight is 528 g/mol.